The number of amides is 1. The lowest BCUT2D eigenvalue weighted by atomic mass is 10.1. The fraction of sp³-hybridized carbons (Fsp3) is 0.304. The van der Waals surface area contributed by atoms with E-state index in [1.165, 1.54) is 11.8 Å². The number of aromatic nitrogens is 3. The minimum atomic E-state index is -0.0499. The molecule has 0 atom stereocenters. The van der Waals surface area contributed by atoms with E-state index in [1.807, 2.05) is 41.0 Å². The van der Waals surface area contributed by atoms with E-state index in [0.717, 1.165) is 23.3 Å². The molecule has 1 amide bonds. The fourth-order valence-corrected chi connectivity index (χ4v) is 4.78. The first-order valence-corrected chi connectivity index (χ1v) is 12.1. The third-order valence-electron chi connectivity index (χ3n) is 4.96. The van der Waals surface area contributed by atoms with Gasteiger partial charge in [0, 0.05) is 23.6 Å². The molecule has 2 aromatic carbocycles. The molecule has 3 aromatic rings. The highest BCUT2D eigenvalue weighted by Crippen LogP contribution is 2.32. The number of rotatable bonds is 7. The van der Waals surface area contributed by atoms with Gasteiger partial charge in [-0.1, -0.05) is 79.1 Å². The topological polar surface area (TPSA) is 63.4 Å². The number of carbonyl (C=O) groups is 1. The second-order valence-corrected chi connectivity index (χ2v) is 9.69. The SMILES string of the molecule is CC(C)Cn1c(SCC(=O)N2CCC(c3ccccc3)=N2)nnc1-c1ccc(Cl)cc1Cl. The summed E-state index contributed by atoms with van der Waals surface area (Å²) in [4.78, 5) is 12.8. The van der Waals surface area contributed by atoms with Gasteiger partial charge in [-0.15, -0.1) is 10.2 Å². The maximum absolute atomic E-state index is 12.8. The number of benzene rings is 2. The van der Waals surface area contributed by atoms with Crippen LogP contribution >= 0.6 is 35.0 Å². The quantitative estimate of drug-likeness (QED) is 0.404. The van der Waals surface area contributed by atoms with E-state index in [1.54, 1.807) is 17.1 Å². The molecule has 0 radical (unpaired) electrons. The van der Waals surface area contributed by atoms with Crippen molar-refractivity contribution in [2.45, 2.75) is 32.0 Å². The number of nitrogens with zero attached hydrogens (tertiary/aromatic N) is 5. The van der Waals surface area contributed by atoms with E-state index >= 15 is 0 Å². The van der Waals surface area contributed by atoms with Crippen molar-refractivity contribution in [3.8, 4) is 11.4 Å². The first kappa shape index (κ1) is 22.8. The van der Waals surface area contributed by atoms with Gasteiger partial charge < -0.3 is 4.57 Å². The number of hydrazone groups is 1. The van der Waals surface area contributed by atoms with E-state index in [4.69, 9.17) is 23.2 Å². The molecule has 32 heavy (non-hydrogen) atoms. The summed E-state index contributed by atoms with van der Waals surface area (Å²) in [6, 6.07) is 15.3. The molecule has 9 heteroatoms. The molecule has 2 heterocycles. The van der Waals surface area contributed by atoms with Crippen LogP contribution in [-0.2, 0) is 11.3 Å². The Morgan fingerprint density at radius 1 is 1.12 bits per heavy atom. The zero-order chi connectivity index (χ0) is 22.7. The summed E-state index contributed by atoms with van der Waals surface area (Å²) < 4.78 is 2.01. The van der Waals surface area contributed by atoms with Gasteiger partial charge in [-0.3, -0.25) is 4.79 Å². The lowest BCUT2D eigenvalue weighted by molar-refractivity contribution is -0.127. The molecule has 166 valence electrons. The lowest BCUT2D eigenvalue weighted by Crippen LogP contribution is -2.25. The van der Waals surface area contributed by atoms with Gasteiger partial charge in [0.05, 0.1) is 23.0 Å². The van der Waals surface area contributed by atoms with Gasteiger partial charge in [-0.05, 0) is 29.7 Å². The number of hydrogen-bond donors (Lipinski definition) is 0. The summed E-state index contributed by atoms with van der Waals surface area (Å²) in [6.45, 7) is 5.54. The first-order chi connectivity index (χ1) is 15.4. The Morgan fingerprint density at radius 3 is 2.62 bits per heavy atom. The highest BCUT2D eigenvalue weighted by atomic mass is 35.5. The summed E-state index contributed by atoms with van der Waals surface area (Å²) in [5, 5.41) is 16.6. The average Bonchev–Trinajstić information content (AvgIpc) is 3.40. The zero-order valence-electron chi connectivity index (χ0n) is 17.8. The predicted octanol–water partition coefficient (Wildman–Crippen LogP) is 5.64. The van der Waals surface area contributed by atoms with Crippen LogP contribution in [0.4, 0.5) is 0 Å². The maximum atomic E-state index is 12.8. The van der Waals surface area contributed by atoms with Crippen LogP contribution in [0.3, 0.4) is 0 Å². The molecule has 0 unspecified atom stereocenters. The highest BCUT2D eigenvalue weighted by molar-refractivity contribution is 7.99. The molecule has 0 N–H and O–H groups in total. The number of hydrogen-bond acceptors (Lipinski definition) is 5. The number of thioether (sulfide) groups is 1. The largest absolute Gasteiger partial charge is 0.302 e. The molecule has 0 bridgehead atoms. The molecule has 1 aromatic heterocycles. The summed E-state index contributed by atoms with van der Waals surface area (Å²) in [5.41, 5.74) is 2.75. The van der Waals surface area contributed by atoms with E-state index < -0.39 is 0 Å². The van der Waals surface area contributed by atoms with E-state index in [0.29, 0.717) is 40.0 Å². The smallest absolute Gasteiger partial charge is 0.253 e. The predicted molar refractivity (Wildman–Crippen MR) is 130 cm³/mol. The minimum absolute atomic E-state index is 0.0499. The third-order valence-corrected chi connectivity index (χ3v) is 6.46. The Hall–Kier alpha value is -2.35. The van der Waals surface area contributed by atoms with Gasteiger partial charge in [0.1, 0.15) is 0 Å². The van der Waals surface area contributed by atoms with E-state index in [2.05, 4.69) is 29.1 Å². The molecule has 0 aliphatic carbocycles. The van der Waals surface area contributed by atoms with Crippen molar-refractivity contribution in [1.82, 2.24) is 19.8 Å². The molecule has 4 rings (SSSR count). The summed E-state index contributed by atoms with van der Waals surface area (Å²) >= 11 is 13.8. The maximum Gasteiger partial charge on any atom is 0.253 e. The second kappa shape index (κ2) is 10.1. The van der Waals surface area contributed by atoms with Crippen molar-refractivity contribution in [2.75, 3.05) is 12.3 Å². The van der Waals surface area contributed by atoms with Gasteiger partial charge >= 0.3 is 0 Å². The van der Waals surface area contributed by atoms with E-state index in [9.17, 15) is 4.79 Å². The Kier molecular flexibility index (Phi) is 7.18. The van der Waals surface area contributed by atoms with Crippen molar-refractivity contribution >= 4 is 46.6 Å². The van der Waals surface area contributed by atoms with Crippen LogP contribution in [0.2, 0.25) is 10.0 Å². The van der Waals surface area contributed by atoms with Crippen molar-refractivity contribution < 1.29 is 4.79 Å². The molecule has 0 saturated heterocycles. The van der Waals surface area contributed by atoms with Gasteiger partial charge in [0.15, 0.2) is 11.0 Å². The Bertz CT molecular complexity index is 1150. The van der Waals surface area contributed by atoms with Gasteiger partial charge in [-0.25, -0.2) is 5.01 Å². The summed E-state index contributed by atoms with van der Waals surface area (Å²) in [6.07, 6.45) is 0.753. The zero-order valence-corrected chi connectivity index (χ0v) is 20.2. The highest BCUT2D eigenvalue weighted by Gasteiger charge is 2.23. The molecular formula is C23H23Cl2N5OS. The van der Waals surface area contributed by atoms with Gasteiger partial charge in [-0.2, -0.15) is 5.10 Å². The molecule has 1 aliphatic rings. The Balaban J connectivity index is 1.50. The van der Waals surface area contributed by atoms with Crippen molar-refractivity contribution in [2.24, 2.45) is 11.0 Å². The third kappa shape index (κ3) is 5.17. The molecule has 0 saturated carbocycles. The van der Waals surface area contributed by atoms with Crippen LogP contribution in [0.25, 0.3) is 11.4 Å². The van der Waals surface area contributed by atoms with Crippen LogP contribution in [0.1, 0.15) is 25.8 Å². The van der Waals surface area contributed by atoms with E-state index in [-0.39, 0.29) is 11.7 Å². The van der Waals surface area contributed by atoms with Crippen molar-refractivity contribution in [1.29, 1.82) is 0 Å². The van der Waals surface area contributed by atoms with Gasteiger partial charge in [0.25, 0.3) is 5.91 Å². The fourth-order valence-electron chi connectivity index (χ4n) is 3.47. The Morgan fingerprint density at radius 2 is 1.91 bits per heavy atom. The van der Waals surface area contributed by atoms with Crippen LogP contribution < -0.4 is 0 Å². The standard InChI is InChI=1S/C23H23Cl2N5OS/c1-15(2)13-29-22(18-9-8-17(24)12-19(18)25)26-27-23(29)32-14-21(31)30-11-10-20(28-30)16-6-4-3-5-7-16/h3-9,12,15H,10-11,13-14H2,1-2H3. The number of carbonyl (C=O) groups excluding carboxylic acids is 1. The first-order valence-electron chi connectivity index (χ1n) is 10.4. The Labute approximate surface area is 201 Å². The second-order valence-electron chi connectivity index (χ2n) is 7.90. The normalized spacial score (nSPS) is 13.7. The molecule has 0 spiro atoms. The molecule has 0 fully saturated rings. The molecular weight excluding hydrogens is 465 g/mol. The lowest BCUT2D eigenvalue weighted by Gasteiger charge is -2.14. The summed E-state index contributed by atoms with van der Waals surface area (Å²) in [5.74, 6) is 1.21. The minimum Gasteiger partial charge on any atom is -0.302 e. The number of halogens is 2. The molecule has 1 aliphatic heterocycles. The van der Waals surface area contributed by atoms with Crippen LogP contribution in [0, 0.1) is 5.92 Å². The van der Waals surface area contributed by atoms with Crippen molar-refractivity contribution in [3.05, 3.63) is 64.1 Å². The van der Waals surface area contributed by atoms with Crippen LogP contribution in [0.5, 0.6) is 0 Å². The monoisotopic (exact) mass is 487 g/mol. The van der Waals surface area contributed by atoms with Crippen LogP contribution in [0.15, 0.2) is 58.8 Å². The van der Waals surface area contributed by atoms with Crippen LogP contribution in [-0.4, -0.2) is 43.7 Å². The molecule has 6 nitrogen and oxygen atoms in total. The average molecular weight is 488 g/mol. The summed E-state index contributed by atoms with van der Waals surface area (Å²) in [7, 11) is 0. The van der Waals surface area contributed by atoms with Crippen molar-refractivity contribution in [3.63, 3.8) is 0 Å². The van der Waals surface area contributed by atoms with Gasteiger partial charge in [0.2, 0.25) is 0 Å².